The van der Waals surface area contributed by atoms with Crippen molar-refractivity contribution in [3.63, 3.8) is 0 Å². The monoisotopic (exact) mass is 337 g/mol. The SMILES string of the molecule is CCCCc1nc2ccccn2c(=O)c1-c1ccc(NC(=O)O)cc1. The zero-order valence-corrected chi connectivity index (χ0v) is 13.9. The Balaban J connectivity index is 2.14. The fourth-order valence-corrected chi connectivity index (χ4v) is 2.79. The van der Waals surface area contributed by atoms with Gasteiger partial charge in [-0.15, -0.1) is 0 Å². The van der Waals surface area contributed by atoms with Crippen molar-refractivity contribution in [1.29, 1.82) is 0 Å². The van der Waals surface area contributed by atoms with E-state index < -0.39 is 6.09 Å². The van der Waals surface area contributed by atoms with Crippen molar-refractivity contribution in [3.8, 4) is 11.1 Å². The molecule has 0 fully saturated rings. The lowest BCUT2D eigenvalue weighted by Crippen LogP contribution is -2.19. The van der Waals surface area contributed by atoms with Gasteiger partial charge in [0, 0.05) is 11.9 Å². The second-order valence-corrected chi connectivity index (χ2v) is 5.78. The predicted octanol–water partition coefficient (Wildman–Crippen LogP) is 3.79. The number of benzene rings is 1. The van der Waals surface area contributed by atoms with Crippen molar-refractivity contribution >= 4 is 17.4 Å². The maximum atomic E-state index is 13.0. The summed E-state index contributed by atoms with van der Waals surface area (Å²) in [5.74, 6) is 0. The molecule has 128 valence electrons. The lowest BCUT2D eigenvalue weighted by molar-refractivity contribution is 0.210. The molecule has 1 aromatic carbocycles. The maximum absolute atomic E-state index is 13.0. The maximum Gasteiger partial charge on any atom is 0.409 e. The van der Waals surface area contributed by atoms with Crippen LogP contribution in [0, 0.1) is 0 Å². The van der Waals surface area contributed by atoms with Crippen LogP contribution in [0.5, 0.6) is 0 Å². The third kappa shape index (κ3) is 3.52. The number of pyridine rings is 1. The molecule has 0 spiro atoms. The molecule has 0 aliphatic carbocycles. The number of amides is 1. The van der Waals surface area contributed by atoms with Crippen LogP contribution in [-0.4, -0.2) is 20.6 Å². The lowest BCUT2D eigenvalue weighted by Gasteiger charge is -2.11. The molecular weight excluding hydrogens is 318 g/mol. The first-order valence-corrected chi connectivity index (χ1v) is 8.21. The van der Waals surface area contributed by atoms with E-state index in [-0.39, 0.29) is 5.56 Å². The normalized spacial score (nSPS) is 10.8. The molecule has 0 radical (unpaired) electrons. The van der Waals surface area contributed by atoms with E-state index in [2.05, 4.69) is 17.2 Å². The van der Waals surface area contributed by atoms with E-state index >= 15 is 0 Å². The van der Waals surface area contributed by atoms with E-state index in [4.69, 9.17) is 5.11 Å². The highest BCUT2D eigenvalue weighted by molar-refractivity contribution is 5.83. The van der Waals surface area contributed by atoms with Crippen LogP contribution in [0.25, 0.3) is 16.8 Å². The molecule has 0 atom stereocenters. The van der Waals surface area contributed by atoms with Crippen LogP contribution in [0.3, 0.4) is 0 Å². The highest BCUT2D eigenvalue weighted by Crippen LogP contribution is 2.23. The predicted molar refractivity (Wildman–Crippen MR) is 97.2 cm³/mol. The summed E-state index contributed by atoms with van der Waals surface area (Å²) < 4.78 is 1.54. The van der Waals surface area contributed by atoms with Crippen molar-refractivity contribution in [2.75, 3.05) is 5.32 Å². The topological polar surface area (TPSA) is 83.7 Å². The van der Waals surface area contributed by atoms with Gasteiger partial charge in [0.25, 0.3) is 5.56 Å². The number of aryl methyl sites for hydroxylation is 1. The van der Waals surface area contributed by atoms with Gasteiger partial charge in [0.2, 0.25) is 0 Å². The standard InChI is InChI=1S/C19H19N3O3/c1-2-3-6-15-17(13-8-10-14(11-9-13)20-19(24)25)18(23)22-12-5-4-7-16(22)21-15/h4-5,7-12,20H,2-3,6H2,1H3,(H,24,25). The highest BCUT2D eigenvalue weighted by atomic mass is 16.4. The molecule has 2 heterocycles. The van der Waals surface area contributed by atoms with Crippen molar-refractivity contribution in [2.45, 2.75) is 26.2 Å². The summed E-state index contributed by atoms with van der Waals surface area (Å²) >= 11 is 0. The molecule has 3 rings (SSSR count). The van der Waals surface area contributed by atoms with E-state index in [1.807, 2.05) is 12.1 Å². The van der Waals surface area contributed by atoms with Crippen LogP contribution in [0.4, 0.5) is 10.5 Å². The summed E-state index contributed by atoms with van der Waals surface area (Å²) in [6.07, 6.45) is 3.27. The van der Waals surface area contributed by atoms with E-state index in [0.29, 0.717) is 16.9 Å². The second kappa shape index (κ2) is 7.17. The Labute approximate surface area is 144 Å². The third-order valence-corrected chi connectivity index (χ3v) is 4.00. The first kappa shape index (κ1) is 16.7. The zero-order valence-electron chi connectivity index (χ0n) is 13.9. The number of carbonyl (C=O) groups is 1. The Kier molecular flexibility index (Phi) is 4.79. The Morgan fingerprint density at radius 2 is 1.96 bits per heavy atom. The molecule has 3 aromatic rings. The molecule has 0 bridgehead atoms. The number of aromatic nitrogens is 2. The Morgan fingerprint density at radius 3 is 2.64 bits per heavy atom. The highest BCUT2D eigenvalue weighted by Gasteiger charge is 2.14. The van der Waals surface area contributed by atoms with Gasteiger partial charge in [-0.1, -0.05) is 31.5 Å². The number of carboxylic acid groups (broad SMARTS) is 1. The summed E-state index contributed by atoms with van der Waals surface area (Å²) in [6.45, 7) is 2.10. The fourth-order valence-electron chi connectivity index (χ4n) is 2.79. The Morgan fingerprint density at radius 1 is 1.20 bits per heavy atom. The van der Waals surface area contributed by atoms with Crippen molar-refractivity contribution < 1.29 is 9.90 Å². The smallest absolute Gasteiger partial charge is 0.409 e. The van der Waals surface area contributed by atoms with Crippen LogP contribution in [0.1, 0.15) is 25.5 Å². The molecule has 2 aromatic heterocycles. The molecule has 6 heteroatoms. The minimum absolute atomic E-state index is 0.115. The van der Waals surface area contributed by atoms with Gasteiger partial charge in [-0.2, -0.15) is 0 Å². The summed E-state index contributed by atoms with van der Waals surface area (Å²) in [6, 6.07) is 12.3. The van der Waals surface area contributed by atoms with E-state index in [1.165, 1.54) is 4.40 Å². The minimum Gasteiger partial charge on any atom is -0.465 e. The number of hydrogen-bond acceptors (Lipinski definition) is 3. The molecule has 0 aliphatic rings. The summed E-state index contributed by atoms with van der Waals surface area (Å²) in [5, 5.41) is 11.1. The quantitative estimate of drug-likeness (QED) is 0.742. The van der Waals surface area contributed by atoms with Crippen molar-refractivity contribution in [2.24, 2.45) is 0 Å². The van der Waals surface area contributed by atoms with Crippen molar-refractivity contribution in [1.82, 2.24) is 9.38 Å². The summed E-state index contributed by atoms with van der Waals surface area (Å²) in [5.41, 5.74) is 3.05. The van der Waals surface area contributed by atoms with Crippen LogP contribution < -0.4 is 10.9 Å². The number of nitrogens with zero attached hydrogens (tertiary/aromatic N) is 2. The molecular formula is C19H19N3O3. The van der Waals surface area contributed by atoms with E-state index in [9.17, 15) is 9.59 Å². The first-order chi connectivity index (χ1) is 12.1. The van der Waals surface area contributed by atoms with Gasteiger partial charge in [-0.05, 0) is 42.7 Å². The number of unbranched alkanes of at least 4 members (excludes halogenated alkanes) is 1. The van der Waals surface area contributed by atoms with Gasteiger partial charge in [-0.25, -0.2) is 9.78 Å². The van der Waals surface area contributed by atoms with Gasteiger partial charge in [0.15, 0.2) is 0 Å². The Bertz CT molecular complexity index is 962. The average Bonchev–Trinajstić information content (AvgIpc) is 2.60. The number of hydrogen-bond donors (Lipinski definition) is 2. The zero-order chi connectivity index (χ0) is 17.8. The van der Waals surface area contributed by atoms with Gasteiger partial charge in [0.05, 0.1) is 11.3 Å². The Hall–Kier alpha value is -3.15. The van der Waals surface area contributed by atoms with Crippen LogP contribution >= 0.6 is 0 Å². The van der Waals surface area contributed by atoms with Gasteiger partial charge in [0.1, 0.15) is 5.65 Å². The summed E-state index contributed by atoms with van der Waals surface area (Å²) in [4.78, 5) is 28.4. The van der Waals surface area contributed by atoms with E-state index in [0.717, 1.165) is 30.5 Å². The molecule has 25 heavy (non-hydrogen) atoms. The number of nitrogens with one attached hydrogen (secondary N) is 1. The molecule has 1 amide bonds. The number of anilines is 1. The minimum atomic E-state index is -1.12. The average molecular weight is 337 g/mol. The number of fused-ring (bicyclic) bond motifs is 1. The van der Waals surface area contributed by atoms with Gasteiger partial charge < -0.3 is 5.11 Å². The molecule has 0 saturated heterocycles. The first-order valence-electron chi connectivity index (χ1n) is 8.21. The molecule has 0 aliphatic heterocycles. The largest absolute Gasteiger partial charge is 0.465 e. The van der Waals surface area contributed by atoms with Gasteiger partial charge >= 0.3 is 6.09 Å². The number of rotatable bonds is 5. The van der Waals surface area contributed by atoms with Crippen LogP contribution in [-0.2, 0) is 6.42 Å². The lowest BCUT2D eigenvalue weighted by atomic mass is 10.0. The van der Waals surface area contributed by atoms with Crippen molar-refractivity contribution in [3.05, 3.63) is 64.7 Å². The second-order valence-electron chi connectivity index (χ2n) is 5.78. The molecule has 0 saturated carbocycles. The third-order valence-electron chi connectivity index (χ3n) is 4.00. The fraction of sp³-hybridized carbons (Fsp3) is 0.211. The van der Waals surface area contributed by atoms with Gasteiger partial charge in [-0.3, -0.25) is 14.5 Å². The summed E-state index contributed by atoms with van der Waals surface area (Å²) in [7, 11) is 0. The van der Waals surface area contributed by atoms with E-state index in [1.54, 1.807) is 36.5 Å². The molecule has 2 N–H and O–H groups in total. The molecule has 6 nitrogen and oxygen atoms in total. The van der Waals surface area contributed by atoms with Crippen LogP contribution in [0.15, 0.2) is 53.5 Å². The molecule has 0 unspecified atom stereocenters. The van der Waals surface area contributed by atoms with Crippen LogP contribution in [0.2, 0.25) is 0 Å².